The van der Waals surface area contributed by atoms with Crippen LogP contribution < -0.4 is 11.1 Å². The molecule has 1 fully saturated rings. The van der Waals surface area contributed by atoms with Crippen molar-refractivity contribution in [3.8, 4) is 0 Å². The molecule has 1 aliphatic rings. The van der Waals surface area contributed by atoms with Crippen LogP contribution in [0.3, 0.4) is 0 Å². The summed E-state index contributed by atoms with van der Waals surface area (Å²) in [5.74, 6) is -0.763. The molecule has 1 heterocycles. The number of hydrogen-bond acceptors (Lipinski definition) is 3. The van der Waals surface area contributed by atoms with Crippen LogP contribution >= 0.6 is 0 Å². The molecule has 1 aliphatic carbocycles. The first-order valence-electron chi connectivity index (χ1n) is 7.69. The van der Waals surface area contributed by atoms with E-state index in [1.807, 2.05) is 6.92 Å². The molecule has 3 N–H and O–H groups in total. The lowest BCUT2D eigenvalue weighted by Gasteiger charge is -2.28. The van der Waals surface area contributed by atoms with Crippen LogP contribution in [0.25, 0.3) is 0 Å². The van der Waals surface area contributed by atoms with Gasteiger partial charge in [0.25, 0.3) is 0 Å². The Morgan fingerprint density at radius 2 is 2.12 bits per heavy atom. The highest BCUT2D eigenvalue weighted by molar-refractivity contribution is 5.94. The van der Waals surface area contributed by atoms with Gasteiger partial charge < -0.3 is 20.4 Å². The molecular formula is C17H18FN3O3. The van der Waals surface area contributed by atoms with E-state index in [-0.39, 0.29) is 23.3 Å². The number of anilines is 1. The van der Waals surface area contributed by atoms with Crippen molar-refractivity contribution in [1.29, 1.82) is 0 Å². The maximum Gasteiger partial charge on any atom is 0.322 e. The third-order valence-electron chi connectivity index (χ3n) is 4.04. The summed E-state index contributed by atoms with van der Waals surface area (Å²) in [5.41, 5.74) is 5.16. The number of benzene rings is 1. The molecule has 24 heavy (non-hydrogen) atoms. The molecule has 3 amide bonds. The predicted molar refractivity (Wildman–Crippen MR) is 85.9 cm³/mol. The number of amides is 3. The van der Waals surface area contributed by atoms with E-state index in [4.69, 9.17) is 10.2 Å². The quantitative estimate of drug-likeness (QED) is 0.881. The zero-order chi connectivity index (χ0) is 17.3. The van der Waals surface area contributed by atoms with Crippen molar-refractivity contribution < 1.29 is 18.4 Å². The molecule has 0 bridgehead atoms. The lowest BCUT2D eigenvalue weighted by Crippen LogP contribution is -2.38. The van der Waals surface area contributed by atoms with Gasteiger partial charge in [0, 0.05) is 11.6 Å². The average molecular weight is 331 g/mol. The number of nitrogens with one attached hydrogen (secondary N) is 1. The second kappa shape index (κ2) is 6.35. The third-order valence-corrected chi connectivity index (χ3v) is 4.04. The standard InChI is InChI=1S/C17H18FN3O3/c1-10(15-3-2-8-24-15)21(12-5-6-12)17(23)20-14-7-4-11(16(19)22)9-13(14)18/h2-4,7-10,12H,5-6H2,1H3,(H2,19,22)(H,20,23)/t10-/m1/s1. The normalized spacial score (nSPS) is 14.9. The van der Waals surface area contributed by atoms with Crippen LogP contribution in [0, 0.1) is 5.82 Å². The molecule has 1 saturated carbocycles. The molecule has 126 valence electrons. The van der Waals surface area contributed by atoms with Gasteiger partial charge in [0.05, 0.1) is 18.0 Å². The van der Waals surface area contributed by atoms with E-state index < -0.39 is 17.8 Å². The number of furan rings is 1. The summed E-state index contributed by atoms with van der Waals surface area (Å²) in [6.07, 6.45) is 3.36. The van der Waals surface area contributed by atoms with E-state index in [1.165, 1.54) is 12.1 Å². The summed E-state index contributed by atoms with van der Waals surface area (Å²) < 4.78 is 19.4. The van der Waals surface area contributed by atoms with Crippen LogP contribution in [0.5, 0.6) is 0 Å². The van der Waals surface area contributed by atoms with E-state index in [1.54, 1.807) is 23.3 Å². The van der Waals surface area contributed by atoms with Gasteiger partial charge in [-0.25, -0.2) is 9.18 Å². The van der Waals surface area contributed by atoms with Crippen molar-refractivity contribution in [3.05, 3.63) is 53.7 Å². The Morgan fingerprint density at radius 3 is 2.67 bits per heavy atom. The zero-order valence-electron chi connectivity index (χ0n) is 13.2. The summed E-state index contributed by atoms with van der Waals surface area (Å²) in [6, 6.07) is 6.71. The molecule has 1 aromatic heterocycles. The van der Waals surface area contributed by atoms with Crippen molar-refractivity contribution in [2.45, 2.75) is 31.8 Å². The third kappa shape index (κ3) is 3.24. The minimum absolute atomic E-state index is 0.00212. The van der Waals surface area contributed by atoms with Crippen LogP contribution in [0.15, 0.2) is 41.0 Å². The van der Waals surface area contributed by atoms with Crippen molar-refractivity contribution in [1.82, 2.24) is 4.90 Å². The molecule has 0 unspecified atom stereocenters. The zero-order valence-corrected chi connectivity index (χ0v) is 13.2. The van der Waals surface area contributed by atoms with Gasteiger partial charge >= 0.3 is 6.03 Å². The van der Waals surface area contributed by atoms with Crippen molar-refractivity contribution in [2.75, 3.05) is 5.32 Å². The highest BCUT2D eigenvalue weighted by atomic mass is 19.1. The van der Waals surface area contributed by atoms with Gasteiger partial charge in [-0.15, -0.1) is 0 Å². The first-order chi connectivity index (χ1) is 11.5. The van der Waals surface area contributed by atoms with Gasteiger partial charge in [-0.2, -0.15) is 0 Å². The number of hydrogen-bond donors (Lipinski definition) is 2. The fraction of sp³-hybridized carbons (Fsp3) is 0.294. The minimum atomic E-state index is -0.724. The SMILES string of the molecule is C[C@H](c1ccco1)N(C(=O)Nc1ccc(C(N)=O)cc1F)C1CC1. The van der Waals surface area contributed by atoms with Gasteiger partial charge in [-0.1, -0.05) is 0 Å². The van der Waals surface area contributed by atoms with E-state index in [0.717, 1.165) is 18.9 Å². The van der Waals surface area contributed by atoms with Crippen LogP contribution in [0.2, 0.25) is 0 Å². The molecule has 0 spiro atoms. The Bertz CT molecular complexity index is 756. The maximum atomic E-state index is 14.1. The Hall–Kier alpha value is -2.83. The number of rotatable bonds is 5. The average Bonchev–Trinajstić information content (AvgIpc) is 3.21. The van der Waals surface area contributed by atoms with Crippen molar-refractivity contribution >= 4 is 17.6 Å². The van der Waals surface area contributed by atoms with E-state index in [0.29, 0.717) is 5.76 Å². The maximum absolute atomic E-state index is 14.1. The minimum Gasteiger partial charge on any atom is -0.467 e. The molecule has 0 aliphatic heterocycles. The van der Waals surface area contributed by atoms with Crippen molar-refractivity contribution in [2.24, 2.45) is 5.73 Å². The molecule has 1 aromatic carbocycles. The summed E-state index contributed by atoms with van der Waals surface area (Å²) >= 11 is 0. The summed E-state index contributed by atoms with van der Waals surface area (Å²) in [7, 11) is 0. The van der Waals surface area contributed by atoms with Gasteiger partial charge in [0.2, 0.25) is 5.91 Å². The Balaban J connectivity index is 1.78. The number of carbonyl (C=O) groups is 2. The fourth-order valence-corrected chi connectivity index (χ4v) is 2.63. The number of halogens is 1. The lowest BCUT2D eigenvalue weighted by molar-refractivity contribution is 0.1000. The van der Waals surface area contributed by atoms with Crippen molar-refractivity contribution in [3.63, 3.8) is 0 Å². The molecule has 3 rings (SSSR count). The van der Waals surface area contributed by atoms with Gasteiger partial charge in [0.15, 0.2) is 0 Å². The van der Waals surface area contributed by atoms with E-state index in [2.05, 4.69) is 5.32 Å². The van der Waals surface area contributed by atoms with Crippen LogP contribution in [0.1, 0.15) is 41.9 Å². The largest absolute Gasteiger partial charge is 0.467 e. The van der Waals surface area contributed by atoms with Crippen LogP contribution in [-0.2, 0) is 0 Å². The Kier molecular flexibility index (Phi) is 4.24. The molecular weight excluding hydrogens is 313 g/mol. The first-order valence-corrected chi connectivity index (χ1v) is 7.69. The molecule has 7 heteroatoms. The Labute approximate surface area is 138 Å². The molecule has 6 nitrogen and oxygen atoms in total. The second-order valence-electron chi connectivity index (χ2n) is 5.82. The highest BCUT2D eigenvalue weighted by Gasteiger charge is 2.37. The van der Waals surface area contributed by atoms with Crippen LogP contribution in [0.4, 0.5) is 14.9 Å². The van der Waals surface area contributed by atoms with Crippen LogP contribution in [-0.4, -0.2) is 22.9 Å². The number of nitrogens with two attached hydrogens (primary N) is 1. The molecule has 1 atom stereocenters. The number of urea groups is 1. The van der Waals surface area contributed by atoms with Gasteiger partial charge in [-0.05, 0) is 50.1 Å². The smallest absolute Gasteiger partial charge is 0.322 e. The monoisotopic (exact) mass is 331 g/mol. The van der Waals surface area contributed by atoms with E-state index >= 15 is 0 Å². The fourth-order valence-electron chi connectivity index (χ4n) is 2.63. The Morgan fingerprint density at radius 1 is 1.38 bits per heavy atom. The summed E-state index contributed by atoms with van der Waals surface area (Å²) in [4.78, 5) is 25.3. The highest BCUT2D eigenvalue weighted by Crippen LogP contribution is 2.35. The number of primary amides is 1. The van der Waals surface area contributed by atoms with Gasteiger partial charge in [0.1, 0.15) is 11.6 Å². The number of carbonyl (C=O) groups excluding carboxylic acids is 2. The topological polar surface area (TPSA) is 88.6 Å². The van der Waals surface area contributed by atoms with Gasteiger partial charge in [-0.3, -0.25) is 4.79 Å². The molecule has 0 radical (unpaired) electrons. The first kappa shape index (κ1) is 16.0. The number of nitrogens with zero attached hydrogens (tertiary/aromatic N) is 1. The predicted octanol–water partition coefficient (Wildman–Crippen LogP) is 3.28. The molecule has 0 saturated heterocycles. The summed E-state index contributed by atoms with van der Waals surface area (Å²) in [5, 5.41) is 2.56. The molecule has 2 aromatic rings. The van der Waals surface area contributed by atoms with E-state index in [9.17, 15) is 14.0 Å². The lowest BCUT2D eigenvalue weighted by atomic mass is 10.2. The second-order valence-corrected chi connectivity index (χ2v) is 5.82. The summed E-state index contributed by atoms with van der Waals surface area (Å²) in [6.45, 7) is 1.86.